The predicted octanol–water partition coefficient (Wildman–Crippen LogP) is 1.54. The third-order valence-corrected chi connectivity index (χ3v) is 3.69. The molecule has 134 valence electrons. The van der Waals surface area contributed by atoms with Crippen LogP contribution in [0, 0.1) is 0 Å². The molecule has 0 spiro atoms. The van der Waals surface area contributed by atoms with Crippen LogP contribution in [0.3, 0.4) is 0 Å². The molecule has 0 bridgehead atoms. The van der Waals surface area contributed by atoms with E-state index < -0.39 is 36.0 Å². The number of amides is 4. The highest BCUT2D eigenvalue weighted by atomic mass is 35.5. The van der Waals surface area contributed by atoms with Crippen molar-refractivity contribution in [3.8, 4) is 0 Å². The Balaban J connectivity index is 1.75. The summed E-state index contributed by atoms with van der Waals surface area (Å²) in [6.07, 6.45) is -0.195. The molecular formula is C16H18ClN3O5. The second-order valence-electron chi connectivity index (χ2n) is 5.98. The molecule has 2 rings (SSSR count). The van der Waals surface area contributed by atoms with Gasteiger partial charge in [-0.25, -0.2) is 4.79 Å². The van der Waals surface area contributed by atoms with Gasteiger partial charge in [0.15, 0.2) is 6.61 Å². The molecule has 2 N–H and O–H groups in total. The normalized spacial score (nSPS) is 15.7. The van der Waals surface area contributed by atoms with Gasteiger partial charge in [0.25, 0.3) is 11.8 Å². The molecule has 4 amide bonds. The van der Waals surface area contributed by atoms with Gasteiger partial charge in [0.05, 0.1) is 6.42 Å². The molecule has 1 aromatic rings. The molecule has 1 aliphatic heterocycles. The van der Waals surface area contributed by atoms with Crippen LogP contribution in [0.5, 0.6) is 0 Å². The first-order valence-corrected chi connectivity index (χ1v) is 7.92. The van der Waals surface area contributed by atoms with Crippen LogP contribution in [-0.2, 0) is 19.1 Å². The number of hydrogen-bond acceptors (Lipinski definition) is 5. The summed E-state index contributed by atoms with van der Waals surface area (Å²) in [5.41, 5.74) is -0.507. The summed E-state index contributed by atoms with van der Waals surface area (Å²) in [4.78, 5) is 48.0. The third kappa shape index (κ3) is 4.93. The quantitative estimate of drug-likeness (QED) is 0.586. The number of urea groups is 1. The monoisotopic (exact) mass is 367 g/mol. The minimum absolute atomic E-state index is 0.108. The summed E-state index contributed by atoms with van der Waals surface area (Å²) in [7, 11) is 0. The Labute approximate surface area is 149 Å². The molecule has 25 heavy (non-hydrogen) atoms. The van der Waals surface area contributed by atoms with Crippen molar-refractivity contribution in [3.05, 3.63) is 29.3 Å². The van der Waals surface area contributed by atoms with Gasteiger partial charge in [-0.1, -0.05) is 17.7 Å². The molecule has 0 aromatic heterocycles. The van der Waals surface area contributed by atoms with Crippen LogP contribution in [0.1, 0.15) is 20.3 Å². The molecule has 1 aliphatic rings. The Kier molecular flexibility index (Phi) is 5.63. The molecule has 0 saturated carbocycles. The van der Waals surface area contributed by atoms with Gasteiger partial charge in [0.1, 0.15) is 5.54 Å². The van der Waals surface area contributed by atoms with Crippen molar-refractivity contribution >= 4 is 41.1 Å². The number of ether oxygens (including phenoxy) is 1. The number of carbonyl (C=O) groups excluding carboxylic acids is 4. The fourth-order valence-electron chi connectivity index (χ4n) is 2.21. The van der Waals surface area contributed by atoms with E-state index in [4.69, 9.17) is 16.3 Å². The summed E-state index contributed by atoms with van der Waals surface area (Å²) in [6, 6.07) is 5.98. The Bertz CT molecular complexity index is 719. The molecule has 1 aromatic carbocycles. The lowest BCUT2D eigenvalue weighted by Gasteiger charge is -2.15. The smallest absolute Gasteiger partial charge is 0.325 e. The van der Waals surface area contributed by atoms with Crippen LogP contribution in [0.25, 0.3) is 0 Å². The van der Waals surface area contributed by atoms with Crippen molar-refractivity contribution in [2.75, 3.05) is 18.5 Å². The fourth-order valence-corrected chi connectivity index (χ4v) is 2.40. The highest BCUT2D eigenvalue weighted by Crippen LogP contribution is 2.17. The van der Waals surface area contributed by atoms with Gasteiger partial charge in [-0.05, 0) is 32.0 Å². The number of benzene rings is 1. The van der Waals surface area contributed by atoms with Gasteiger partial charge in [-0.2, -0.15) is 0 Å². The predicted molar refractivity (Wildman–Crippen MR) is 90.0 cm³/mol. The molecule has 1 heterocycles. The minimum Gasteiger partial charge on any atom is -0.456 e. The second-order valence-corrected chi connectivity index (χ2v) is 6.42. The van der Waals surface area contributed by atoms with Gasteiger partial charge in [-0.3, -0.25) is 19.3 Å². The van der Waals surface area contributed by atoms with E-state index in [9.17, 15) is 19.2 Å². The average Bonchev–Trinajstić information content (AvgIpc) is 2.71. The van der Waals surface area contributed by atoms with E-state index in [0.29, 0.717) is 10.7 Å². The zero-order valence-electron chi connectivity index (χ0n) is 13.8. The van der Waals surface area contributed by atoms with Gasteiger partial charge < -0.3 is 15.4 Å². The van der Waals surface area contributed by atoms with Gasteiger partial charge >= 0.3 is 12.0 Å². The Morgan fingerprint density at radius 3 is 2.64 bits per heavy atom. The fraction of sp³-hybridized carbons (Fsp3) is 0.375. The lowest BCUT2D eigenvalue weighted by atomic mass is 10.1. The zero-order chi connectivity index (χ0) is 18.6. The summed E-state index contributed by atoms with van der Waals surface area (Å²) < 4.78 is 4.83. The average molecular weight is 368 g/mol. The third-order valence-electron chi connectivity index (χ3n) is 3.46. The molecule has 0 radical (unpaired) electrons. The standard InChI is InChI=1S/C16H18ClN3O5/c1-16(2)14(23)20(15(24)19-16)7-6-13(22)25-9-12(21)18-11-5-3-4-10(17)8-11/h3-5,8H,6-7,9H2,1-2H3,(H,18,21)(H,19,24). The maximum absolute atomic E-state index is 12.0. The lowest BCUT2D eigenvalue weighted by Crippen LogP contribution is -2.40. The van der Waals surface area contributed by atoms with Crippen molar-refractivity contribution in [2.45, 2.75) is 25.8 Å². The number of hydrogen-bond donors (Lipinski definition) is 2. The van der Waals surface area contributed by atoms with Crippen molar-refractivity contribution < 1.29 is 23.9 Å². The molecule has 1 saturated heterocycles. The van der Waals surface area contributed by atoms with Crippen LogP contribution in [0.2, 0.25) is 5.02 Å². The number of anilines is 1. The van der Waals surface area contributed by atoms with E-state index in [1.807, 2.05) is 0 Å². The zero-order valence-corrected chi connectivity index (χ0v) is 14.6. The van der Waals surface area contributed by atoms with E-state index in [-0.39, 0.29) is 13.0 Å². The van der Waals surface area contributed by atoms with E-state index >= 15 is 0 Å². The maximum atomic E-state index is 12.0. The molecule has 0 atom stereocenters. The highest BCUT2D eigenvalue weighted by Gasteiger charge is 2.44. The SMILES string of the molecule is CC1(C)NC(=O)N(CCC(=O)OCC(=O)Nc2cccc(Cl)c2)C1=O. The lowest BCUT2D eigenvalue weighted by molar-refractivity contribution is -0.147. The maximum Gasteiger partial charge on any atom is 0.325 e. The van der Waals surface area contributed by atoms with Gasteiger partial charge in [0, 0.05) is 17.3 Å². The Morgan fingerprint density at radius 1 is 1.32 bits per heavy atom. The van der Waals surface area contributed by atoms with Crippen molar-refractivity contribution in [1.82, 2.24) is 10.2 Å². The van der Waals surface area contributed by atoms with Crippen molar-refractivity contribution in [1.29, 1.82) is 0 Å². The van der Waals surface area contributed by atoms with Crippen LogP contribution in [0.15, 0.2) is 24.3 Å². The van der Waals surface area contributed by atoms with E-state index in [2.05, 4.69) is 10.6 Å². The van der Waals surface area contributed by atoms with Gasteiger partial charge in [0.2, 0.25) is 0 Å². The van der Waals surface area contributed by atoms with Crippen LogP contribution in [0.4, 0.5) is 10.5 Å². The number of imide groups is 1. The molecule has 0 unspecified atom stereocenters. The Hall–Kier alpha value is -2.61. The van der Waals surface area contributed by atoms with E-state index in [1.165, 1.54) is 0 Å². The largest absolute Gasteiger partial charge is 0.456 e. The van der Waals surface area contributed by atoms with Crippen molar-refractivity contribution in [3.63, 3.8) is 0 Å². The number of halogens is 1. The van der Waals surface area contributed by atoms with Crippen LogP contribution in [-0.4, -0.2) is 47.4 Å². The number of esters is 1. The summed E-state index contributed by atoms with van der Waals surface area (Å²) in [5.74, 6) is -1.62. The minimum atomic E-state index is -0.988. The molecule has 9 heteroatoms. The van der Waals surface area contributed by atoms with E-state index in [0.717, 1.165) is 4.90 Å². The Morgan fingerprint density at radius 2 is 2.04 bits per heavy atom. The first-order chi connectivity index (χ1) is 11.7. The van der Waals surface area contributed by atoms with Gasteiger partial charge in [-0.15, -0.1) is 0 Å². The topological polar surface area (TPSA) is 105 Å². The number of nitrogens with zero attached hydrogens (tertiary/aromatic N) is 1. The first-order valence-electron chi connectivity index (χ1n) is 7.54. The van der Waals surface area contributed by atoms with Crippen LogP contribution < -0.4 is 10.6 Å². The second kappa shape index (κ2) is 7.52. The van der Waals surface area contributed by atoms with E-state index in [1.54, 1.807) is 38.1 Å². The molecule has 8 nitrogen and oxygen atoms in total. The van der Waals surface area contributed by atoms with Crippen LogP contribution >= 0.6 is 11.6 Å². The first kappa shape index (κ1) is 18.7. The number of rotatable bonds is 6. The molecular weight excluding hydrogens is 350 g/mol. The van der Waals surface area contributed by atoms with Crippen molar-refractivity contribution in [2.24, 2.45) is 0 Å². The summed E-state index contributed by atoms with van der Waals surface area (Å²) in [6.45, 7) is 2.57. The number of nitrogens with one attached hydrogen (secondary N) is 2. The summed E-state index contributed by atoms with van der Waals surface area (Å²) >= 11 is 5.80. The summed E-state index contributed by atoms with van der Waals surface area (Å²) in [5, 5.41) is 5.50. The molecule has 0 aliphatic carbocycles. The highest BCUT2D eigenvalue weighted by molar-refractivity contribution is 6.30. The molecule has 1 fully saturated rings. The number of carbonyl (C=O) groups is 4.